The fourth-order valence-electron chi connectivity index (χ4n) is 1.68. The minimum absolute atomic E-state index is 0.0150. The van der Waals surface area contributed by atoms with E-state index in [1.54, 1.807) is 0 Å². The molecule has 1 aromatic rings. The van der Waals surface area contributed by atoms with Crippen LogP contribution in [-0.4, -0.2) is 12.2 Å². The van der Waals surface area contributed by atoms with Crippen LogP contribution < -0.4 is 5.32 Å². The molecule has 19 heavy (non-hydrogen) atoms. The van der Waals surface area contributed by atoms with E-state index in [1.807, 2.05) is 51.3 Å². The van der Waals surface area contributed by atoms with Gasteiger partial charge >= 0.3 is 0 Å². The highest BCUT2D eigenvalue weighted by atomic mass is 16.2. The number of para-hydroxylation sites is 1. The summed E-state index contributed by atoms with van der Waals surface area (Å²) < 4.78 is 0. The molecule has 0 fully saturated rings. The first-order valence-corrected chi connectivity index (χ1v) is 6.69. The van der Waals surface area contributed by atoms with Crippen LogP contribution in [-0.2, 0) is 16.0 Å². The third-order valence-electron chi connectivity index (χ3n) is 2.92. The molecule has 0 atom stereocenters. The number of anilines is 1. The van der Waals surface area contributed by atoms with Crippen LogP contribution in [0.2, 0.25) is 0 Å². The van der Waals surface area contributed by atoms with Gasteiger partial charge in [0.05, 0.1) is 0 Å². The fourth-order valence-corrected chi connectivity index (χ4v) is 1.68. The van der Waals surface area contributed by atoms with Gasteiger partial charge < -0.3 is 5.32 Å². The average Bonchev–Trinajstić information content (AvgIpc) is 2.35. The number of amides is 1. The van der Waals surface area contributed by atoms with Crippen molar-refractivity contribution in [2.24, 2.45) is 5.41 Å². The van der Waals surface area contributed by atoms with Gasteiger partial charge in [0.15, 0.2) is 6.29 Å². The second kappa shape index (κ2) is 7.07. The molecule has 0 bridgehead atoms. The summed E-state index contributed by atoms with van der Waals surface area (Å²) in [5.74, 6) is 0.0150. The Kier molecular flexibility index (Phi) is 5.74. The zero-order valence-corrected chi connectivity index (χ0v) is 12.0. The van der Waals surface area contributed by atoms with E-state index < -0.39 is 5.41 Å². The molecule has 1 aromatic carbocycles. The SMILES string of the molecule is CC(C)(C)C(=O)Nc1ccccc1CCCC[C]=O. The Morgan fingerprint density at radius 3 is 2.53 bits per heavy atom. The summed E-state index contributed by atoms with van der Waals surface area (Å²) in [5.41, 5.74) is 1.59. The molecule has 0 unspecified atom stereocenters. The predicted molar refractivity (Wildman–Crippen MR) is 77.8 cm³/mol. The molecule has 1 rings (SSSR count). The molecule has 0 aromatic heterocycles. The van der Waals surface area contributed by atoms with Crippen molar-refractivity contribution in [1.29, 1.82) is 0 Å². The molecule has 0 heterocycles. The van der Waals surface area contributed by atoms with Gasteiger partial charge in [-0.25, -0.2) is 0 Å². The summed E-state index contributed by atoms with van der Waals surface area (Å²) >= 11 is 0. The summed E-state index contributed by atoms with van der Waals surface area (Å²) in [6, 6.07) is 7.82. The Morgan fingerprint density at radius 1 is 1.21 bits per heavy atom. The maximum Gasteiger partial charge on any atom is 0.229 e. The van der Waals surface area contributed by atoms with E-state index in [0.717, 1.165) is 30.5 Å². The maximum absolute atomic E-state index is 12.0. The van der Waals surface area contributed by atoms with Crippen molar-refractivity contribution in [3.8, 4) is 0 Å². The summed E-state index contributed by atoms with van der Waals surface area (Å²) in [4.78, 5) is 22.2. The molecule has 3 heteroatoms. The highest BCUT2D eigenvalue weighted by Crippen LogP contribution is 2.21. The zero-order valence-electron chi connectivity index (χ0n) is 12.0. The molecule has 0 aliphatic rings. The molecule has 1 N–H and O–H groups in total. The lowest BCUT2D eigenvalue weighted by Gasteiger charge is -2.19. The lowest BCUT2D eigenvalue weighted by Crippen LogP contribution is -2.28. The molecule has 0 spiro atoms. The minimum atomic E-state index is -0.403. The lowest BCUT2D eigenvalue weighted by molar-refractivity contribution is -0.123. The molecule has 0 saturated heterocycles. The number of nitrogens with one attached hydrogen (secondary N) is 1. The lowest BCUT2D eigenvalue weighted by atomic mass is 9.95. The van der Waals surface area contributed by atoms with Crippen LogP contribution in [0.4, 0.5) is 5.69 Å². The van der Waals surface area contributed by atoms with Gasteiger partial charge in [-0.2, -0.15) is 0 Å². The van der Waals surface area contributed by atoms with E-state index in [4.69, 9.17) is 0 Å². The van der Waals surface area contributed by atoms with Gasteiger partial charge in [-0.15, -0.1) is 0 Å². The van der Waals surface area contributed by atoms with Gasteiger partial charge in [0.1, 0.15) is 0 Å². The molecule has 103 valence electrons. The molecule has 1 amide bonds. The van der Waals surface area contributed by atoms with E-state index in [0.29, 0.717) is 6.42 Å². The van der Waals surface area contributed by atoms with Gasteiger partial charge in [-0.05, 0) is 30.9 Å². The first kappa shape index (κ1) is 15.4. The molecule has 3 nitrogen and oxygen atoms in total. The summed E-state index contributed by atoms with van der Waals surface area (Å²) in [6.07, 6.45) is 5.01. The number of aryl methyl sites for hydroxylation is 1. The van der Waals surface area contributed by atoms with Crippen molar-refractivity contribution in [2.45, 2.75) is 46.5 Å². The first-order valence-electron chi connectivity index (χ1n) is 6.69. The van der Waals surface area contributed by atoms with Crippen molar-refractivity contribution in [1.82, 2.24) is 0 Å². The van der Waals surface area contributed by atoms with Crippen LogP contribution in [0.3, 0.4) is 0 Å². The van der Waals surface area contributed by atoms with Crippen LogP contribution in [0.15, 0.2) is 24.3 Å². The zero-order chi connectivity index (χ0) is 14.3. The fraction of sp³-hybridized carbons (Fsp3) is 0.500. The Morgan fingerprint density at radius 2 is 1.89 bits per heavy atom. The highest BCUT2D eigenvalue weighted by Gasteiger charge is 2.21. The second-order valence-corrected chi connectivity index (χ2v) is 5.71. The monoisotopic (exact) mass is 260 g/mol. The summed E-state index contributed by atoms with van der Waals surface area (Å²) in [5, 5.41) is 2.98. The van der Waals surface area contributed by atoms with Crippen LogP contribution in [0.25, 0.3) is 0 Å². The number of carbonyl (C=O) groups is 1. The molecule has 0 saturated carbocycles. The van der Waals surface area contributed by atoms with Crippen LogP contribution in [0, 0.1) is 5.41 Å². The van der Waals surface area contributed by atoms with Crippen molar-refractivity contribution < 1.29 is 9.59 Å². The molecule has 0 aliphatic heterocycles. The average molecular weight is 260 g/mol. The number of carbonyl (C=O) groups excluding carboxylic acids is 2. The second-order valence-electron chi connectivity index (χ2n) is 5.71. The van der Waals surface area contributed by atoms with E-state index >= 15 is 0 Å². The predicted octanol–water partition coefficient (Wildman–Crippen LogP) is 3.49. The van der Waals surface area contributed by atoms with Gasteiger partial charge in [0.2, 0.25) is 5.91 Å². The summed E-state index contributed by atoms with van der Waals surface area (Å²) in [7, 11) is 0. The van der Waals surface area contributed by atoms with E-state index in [-0.39, 0.29) is 5.91 Å². The normalized spacial score (nSPS) is 11.1. The van der Waals surface area contributed by atoms with Gasteiger partial charge in [-0.1, -0.05) is 39.0 Å². The van der Waals surface area contributed by atoms with Crippen molar-refractivity contribution in [3.05, 3.63) is 29.8 Å². The number of rotatable bonds is 6. The largest absolute Gasteiger partial charge is 0.325 e. The van der Waals surface area contributed by atoms with E-state index in [9.17, 15) is 9.59 Å². The number of benzene rings is 1. The topological polar surface area (TPSA) is 46.2 Å². The third kappa shape index (κ3) is 5.25. The number of unbranched alkanes of at least 4 members (excludes halogenated alkanes) is 2. The number of hydrogen-bond donors (Lipinski definition) is 1. The quantitative estimate of drug-likeness (QED) is 0.796. The number of hydrogen-bond acceptors (Lipinski definition) is 2. The Balaban J connectivity index is 2.67. The van der Waals surface area contributed by atoms with Crippen LogP contribution in [0.5, 0.6) is 0 Å². The van der Waals surface area contributed by atoms with Crippen LogP contribution >= 0.6 is 0 Å². The Hall–Kier alpha value is -1.64. The van der Waals surface area contributed by atoms with Gasteiger partial charge in [-0.3, -0.25) is 9.59 Å². The maximum atomic E-state index is 12.0. The van der Waals surface area contributed by atoms with Crippen molar-refractivity contribution in [2.75, 3.05) is 5.32 Å². The van der Waals surface area contributed by atoms with E-state index in [1.165, 1.54) is 0 Å². The molecule has 1 radical (unpaired) electrons. The van der Waals surface area contributed by atoms with Crippen molar-refractivity contribution >= 4 is 17.9 Å². The molecule has 0 aliphatic carbocycles. The minimum Gasteiger partial charge on any atom is -0.325 e. The third-order valence-corrected chi connectivity index (χ3v) is 2.92. The standard InChI is InChI=1S/C16H22NO2/c1-16(2,3)15(19)17-14-11-7-6-10-13(14)9-5-4-8-12-18/h6-7,10-11H,4-5,8-9H2,1-3H3,(H,17,19). The summed E-state index contributed by atoms with van der Waals surface area (Å²) in [6.45, 7) is 5.68. The van der Waals surface area contributed by atoms with Gasteiger partial charge in [0, 0.05) is 17.5 Å². The Labute approximate surface area is 115 Å². The van der Waals surface area contributed by atoms with Crippen molar-refractivity contribution in [3.63, 3.8) is 0 Å². The van der Waals surface area contributed by atoms with E-state index in [2.05, 4.69) is 5.32 Å². The Bertz CT molecular complexity index is 433. The van der Waals surface area contributed by atoms with Crippen LogP contribution in [0.1, 0.15) is 45.6 Å². The molecular formula is C16H22NO2. The highest BCUT2D eigenvalue weighted by molar-refractivity contribution is 5.95. The first-order chi connectivity index (χ1) is 8.95. The smallest absolute Gasteiger partial charge is 0.229 e. The molecular weight excluding hydrogens is 238 g/mol. The van der Waals surface area contributed by atoms with Gasteiger partial charge in [0.25, 0.3) is 0 Å².